The molecule has 4 nitrogen and oxygen atoms in total. The van der Waals surface area contributed by atoms with Crippen LogP contribution in [-0.4, -0.2) is 29.8 Å². The number of nitrogens with one attached hydrogen (secondary N) is 1. The molecule has 1 unspecified atom stereocenters. The second kappa shape index (κ2) is 4.71. The molecule has 3 atom stereocenters. The molecule has 0 saturated carbocycles. The number of rotatable bonds is 2. The van der Waals surface area contributed by atoms with E-state index in [1.54, 1.807) is 0 Å². The van der Waals surface area contributed by atoms with E-state index >= 15 is 0 Å². The van der Waals surface area contributed by atoms with Crippen molar-refractivity contribution in [2.75, 3.05) is 6.61 Å². The number of hydrogen-bond acceptors (Lipinski definition) is 3. The highest BCUT2D eigenvalue weighted by Crippen LogP contribution is 2.31. The zero-order chi connectivity index (χ0) is 12.5. The third-order valence-corrected chi connectivity index (χ3v) is 3.72. The molecule has 96 valence electrons. The minimum absolute atomic E-state index is 0.103. The molecule has 2 aliphatic rings. The second-order valence-electron chi connectivity index (χ2n) is 4.96. The lowest BCUT2D eigenvalue weighted by Gasteiger charge is -2.20. The van der Waals surface area contributed by atoms with Crippen LogP contribution in [0.1, 0.15) is 30.0 Å². The number of amides is 1. The topological polar surface area (TPSA) is 58.6 Å². The SMILES string of the molecule is O=C(N[C@H]1c2ccccc2C[C@H]1O)C1CCCO1. The van der Waals surface area contributed by atoms with Crippen molar-refractivity contribution in [1.29, 1.82) is 0 Å². The number of fused-ring (bicyclic) bond motifs is 1. The number of benzene rings is 1. The molecular weight excluding hydrogens is 230 g/mol. The molecule has 1 aromatic carbocycles. The van der Waals surface area contributed by atoms with Crippen LogP contribution < -0.4 is 5.32 Å². The Kier molecular flexibility index (Phi) is 3.06. The Balaban J connectivity index is 1.74. The van der Waals surface area contributed by atoms with Crippen molar-refractivity contribution in [2.45, 2.75) is 37.5 Å². The summed E-state index contributed by atoms with van der Waals surface area (Å²) in [5.74, 6) is -0.103. The molecule has 1 aromatic rings. The van der Waals surface area contributed by atoms with Gasteiger partial charge in [-0.05, 0) is 24.0 Å². The highest BCUT2D eigenvalue weighted by atomic mass is 16.5. The van der Waals surface area contributed by atoms with Crippen molar-refractivity contribution in [3.05, 3.63) is 35.4 Å². The Morgan fingerprint density at radius 2 is 2.22 bits per heavy atom. The van der Waals surface area contributed by atoms with E-state index in [-0.39, 0.29) is 18.1 Å². The van der Waals surface area contributed by atoms with Gasteiger partial charge in [0.2, 0.25) is 5.91 Å². The maximum Gasteiger partial charge on any atom is 0.249 e. The molecule has 1 heterocycles. The first-order valence-electron chi connectivity index (χ1n) is 6.43. The molecular formula is C14H17NO3. The van der Waals surface area contributed by atoms with Crippen molar-refractivity contribution in [1.82, 2.24) is 5.32 Å². The second-order valence-corrected chi connectivity index (χ2v) is 4.96. The zero-order valence-electron chi connectivity index (χ0n) is 10.1. The molecule has 3 rings (SSSR count). The highest BCUT2D eigenvalue weighted by Gasteiger charge is 2.34. The van der Waals surface area contributed by atoms with E-state index in [0.717, 1.165) is 24.0 Å². The van der Waals surface area contributed by atoms with Crippen LogP contribution >= 0.6 is 0 Å². The van der Waals surface area contributed by atoms with Gasteiger partial charge in [-0.25, -0.2) is 0 Å². The van der Waals surface area contributed by atoms with Crippen LogP contribution in [0, 0.1) is 0 Å². The van der Waals surface area contributed by atoms with Crippen LogP contribution in [0.25, 0.3) is 0 Å². The van der Waals surface area contributed by atoms with Gasteiger partial charge in [0.05, 0.1) is 12.1 Å². The smallest absolute Gasteiger partial charge is 0.249 e. The Hall–Kier alpha value is -1.39. The average molecular weight is 247 g/mol. The van der Waals surface area contributed by atoms with E-state index in [4.69, 9.17) is 4.74 Å². The van der Waals surface area contributed by atoms with Crippen molar-refractivity contribution < 1.29 is 14.6 Å². The molecule has 1 amide bonds. The average Bonchev–Trinajstić information content (AvgIpc) is 2.98. The maximum atomic E-state index is 12.0. The molecule has 0 radical (unpaired) electrons. The summed E-state index contributed by atoms with van der Waals surface area (Å²) in [5, 5.41) is 13.0. The van der Waals surface area contributed by atoms with Crippen LogP contribution in [0.4, 0.5) is 0 Å². The van der Waals surface area contributed by atoms with E-state index < -0.39 is 6.10 Å². The third kappa shape index (κ3) is 2.02. The van der Waals surface area contributed by atoms with Gasteiger partial charge in [-0.3, -0.25) is 4.79 Å². The summed E-state index contributed by atoms with van der Waals surface area (Å²) in [6, 6.07) is 7.55. The molecule has 18 heavy (non-hydrogen) atoms. The Morgan fingerprint density at radius 1 is 1.39 bits per heavy atom. The monoisotopic (exact) mass is 247 g/mol. The largest absolute Gasteiger partial charge is 0.390 e. The fourth-order valence-corrected chi connectivity index (χ4v) is 2.78. The molecule has 1 aliphatic carbocycles. The van der Waals surface area contributed by atoms with Gasteiger partial charge in [0.15, 0.2) is 0 Å². The summed E-state index contributed by atoms with van der Waals surface area (Å²) < 4.78 is 5.35. The van der Waals surface area contributed by atoms with Gasteiger partial charge < -0.3 is 15.2 Å². The summed E-state index contributed by atoms with van der Waals surface area (Å²) in [5.41, 5.74) is 2.14. The molecule has 1 saturated heterocycles. The van der Waals surface area contributed by atoms with Gasteiger partial charge in [0, 0.05) is 13.0 Å². The fraction of sp³-hybridized carbons (Fsp3) is 0.500. The molecule has 4 heteroatoms. The van der Waals surface area contributed by atoms with Crippen molar-refractivity contribution in [3.63, 3.8) is 0 Å². The van der Waals surface area contributed by atoms with Crippen LogP contribution in [-0.2, 0) is 16.0 Å². The number of aliphatic hydroxyl groups excluding tert-OH is 1. The molecule has 0 bridgehead atoms. The standard InChI is InChI=1S/C14H17NO3/c16-11-8-9-4-1-2-5-10(9)13(11)15-14(17)12-6-3-7-18-12/h1-2,4-5,11-13,16H,3,6-8H2,(H,15,17)/t11-,12?,13+/m1/s1. The summed E-state index contributed by atoms with van der Waals surface area (Å²) in [4.78, 5) is 12.0. The Morgan fingerprint density at radius 3 is 3.00 bits per heavy atom. The van der Waals surface area contributed by atoms with Gasteiger partial charge >= 0.3 is 0 Å². The maximum absolute atomic E-state index is 12.0. The minimum Gasteiger partial charge on any atom is -0.390 e. The predicted molar refractivity (Wildman–Crippen MR) is 66.0 cm³/mol. The number of carbonyl (C=O) groups excluding carboxylic acids is 1. The molecule has 1 aliphatic heterocycles. The van der Waals surface area contributed by atoms with Gasteiger partial charge in [-0.15, -0.1) is 0 Å². The lowest BCUT2D eigenvalue weighted by Crippen LogP contribution is -2.40. The molecule has 0 spiro atoms. The number of ether oxygens (including phenoxy) is 1. The van der Waals surface area contributed by atoms with E-state index in [9.17, 15) is 9.90 Å². The van der Waals surface area contributed by atoms with Crippen LogP contribution in [0.15, 0.2) is 24.3 Å². The molecule has 1 fully saturated rings. The van der Waals surface area contributed by atoms with E-state index in [2.05, 4.69) is 5.32 Å². The Labute approximate surface area is 106 Å². The molecule has 2 N–H and O–H groups in total. The van der Waals surface area contributed by atoms with Crippen molar-refractivity contribution in [2.24, 2.45) is 0 Å². The van der Waals surface area contributed by atoms with Crippen LogP contribution in [0.3, 0.4) is 0 Å². The van der Waals surface area contributed by atoms with Gasteiger partial charge in [0.25, 0.3) is 0 Å². The van der Waals surface area contributed by atoms with Crippen molar-refractivity contribution >= 4 is 5.91 Å². The first-order chi connectivity index (χ1) is 8.75. The predicted octanol–water partition coefficient (Wildman–Crippen LogP) is 0.940. The van der Waals surface area contributed by atoms with E-state index in [0.29, 0.717) is 13.0 Å². The van der Waals surface area contributed by atoms with Crippen LogP contribution in [0.2, 0.25) is 0 Å². The molecule has 0 aromatic heterocycles. The van der Waals surface area contributed by atoms with Gasteiger partial charge in [-0.1, -0.05) is 24.3 Å². The quantitative estimate of drug-likeness (QED) is 0.817. The zero-order valence-corrected chi connectivity index (χ0v) is 10.1. The summed E-state index contributed by atoms with van der Waals surface area (Å²) >= 11 is 0. The fourth-order valence-electron chi connectivity index (χ4n) is 2.78. The number of hydrogen-bond donors (Lipinski definition) is 2. The van der Waals surface area contributed by atoms with E-state index in [1.807, 2.05) is 24.3 Å². The van der Waals surface area contributed by atoms with Gasteiger partial charge in [0.1, 0.15) is 6.10 Å². The van der Waals surface area contributed by atoms with Gasteiger partial charge in [-0.2, -0.15) is 0 Å². The lowest BCUT2D eigenvalue weighted by atomic mass is 10.1. The first kappa shape index (κ1) is 11.7. The van der Waals surface area contributed by atoms with E-state index in [1.165, 1.54) is 0 Å². The normalized spacial score (nSPS) is 30.2. The Bertz CT molecular complexity index is 454. The summed E-state index contributed by atoms with van der Waals surface area (Å²) in [7, 11) is 0. The minimum atomic E-state index is -0.534. The van der Waals surface area contributed by atoms with Crippen molar-refractivity contribution in [3.8, 4) is 0 Å². The number of carbonyl (C=O) groups is 1. The highest BCUT2D eigenvalue weighted by molar-refractivity contribution is 5.81. The van der Waals surface area contributed by atoms with Crippen LogP contribution in [0.5, 0.6) is 0 Å². The third-order valence-electron chi connectivity index (χ3n) is 3.72. The first-order valence-corrected chi connectivity index (χ1v) is 6.43. The lowest BCUT2D eigenvalue weighted by molar-refractivity contribution is -0.131. The summed E-state index contributed by atoms with van der Waals surface area (Å²) in [6.45, 7) is 0.655. The summed E-state index contributed by atoms with van der Waals surface area (Å²) in [6.07, 6.45) is 1.43. The number of aliphatic hydroxyl groups is 1.